The Labute approximate surface area is 103 Å². The molecule has 5 nitrogen and oxygen atoms in total. The van der Waals surface area contributed by atoms with Gasteiger partial charge in [0.15, 0.2) is 10.9 Å². The van der Waals surface area contributed by atoms with E-state index >= 15 is 0 Å². The summed E-state index contributed by atoms with van der Waals surface area (Å²) in [4.78, 5) is 22.9. The second-order valence-electron chi connectivity index (χ2n) is 4.02. The van der Waals surface area contributed by atoms with Crippen LogP contribution in [0.25, 0.3) is 0 Å². The number of carbonyl (C=O) groups is 2. The second kappa shape index (κ2) is 4.44. The van der Waals surface area contributed by atoms with E-state index in [0.29, 0.717) is 17.9 Å². The van der Waals surface area contributed by atoms with Crippen molar-refractivity contribution >= 4 is 23.6 Å². The molecule has 92 valence electrons. The van der Waals surface area contributed by atoms with Gasteiger partial charge < -0.3 is 14.8 Å². The Morgan fingerprint density at radius 1 is 1.47 bits per heavy atom. The maximum atomic E-state index is 11.8. The lowest BCUT2D eigenvalue weighted by Crippen LogP contribution is -2.59. The second-order valence-corrected chi connectivity index (χ2v) is 4.83. The van der Waals surface area contributed by atoms with E-state index < -0.39 is 17.4 Å². The fraction of sp³-hybridized carbons (Fsp3) is 0.455. The highest BCUT2D eigenvalue weighted by molar-refractivity contribution is 7.98. The summed E-state index contributed by atoms with van der Waals surface area (Å²) >= 11 is 1.39. The van der Waals surface area contributed by atoms with Gasteiger partial charge in [-0.1, -0.05) is 11.8 Å². The Balaban J connectivity index is 2.08. The number of amides is 1. The summed E-state index contributed by atoms with van der Waals surface area (Å²) in [5.41, 5.74) is -1.09. The Morgan fingerprint density at radius 2 is 2.18 bits per heavy atom. The zero-order chi connectivity index (χ0) is 12.5. The first-order chi connectivity index (χ1) is 8.07. The van der Waals surface area contributed by atoms with Crippen molar-refractivity contribution in [3.63, 3.8) is 0 Å². The molecule has 1 amide bonds. The number of carboxylic acids is 1. The van der Waals surface area contributed by atoms with E-state index in [-0.39, 0.29) is 5.76 Å². The number of thioether (sulfide) groups is 1. The third kappa shape index (κ3) is 2.17. The smallest absolute Gasteiger partial charge is 0.329 e. The van der Waals surface area contributed by atoms with Gasteiger partial charge in [0, 0.05) is 0 Å². The van der Waals surface area contributed by atoms with Crippen molar-refractivity contribution in [2.75, 3.05) is 6.26 Å². The molecule has 0 aromatic carbocycles. The van der Waals surface area contributed by atoms with Crippen LogP contribution in [-0.4, -0.2) is 28.8 Å². The zero-order valence-electron chi connectivity index (χ0n) is 9.36. The van der Waals surface area contributed by atoms with Gasteiger partial charge in [-0.05, 0) is 37.7 Å². The molecule has 1 aromatic rings. The number of aliphatic carboxylic acids is 1. The van der Waals surface area contributed by atoms with E-state index in [2.05, 4.69) is 5.32 Å². The molecule has 6 heteroatoms. The van der Waals surface area contributed by atoms with Crippen molar-refractivity contribution in [2.45, 2.75) is 29.9 Å². The van der Waals surface area contributed by atoms with Gasteiger partial charge in [0.2, 0.25) is 0 Å². The van der Waals surface area contributed by atoms with Crippen LogP contribution in [0.3, 0.4) is 0 Å². The van der Waals surface area contributed by atoms with Crippen molar-refractivity contribution in [1.29, 1.82) is 0 Å². The molecule has 0 radical (unpaired) electrons. The fourth-order valence-electron chi connectivity index (χ4n) is 1.75. The Kier molecular flexibility index (Phi) is 3.15. The van der Waals surface area contributed by atoms with Crippen LogP contribution in [0.5, 0.6) is 0 Å². The minimum absolute atomic E-state index is 0.155. The summed E-state index contributed by atoms with van der Waals surface area (Å²) in [6.45, 7) is 0. The first-order valence-electron chi connectivity index (χ1n) is 5.27. The fourth-order valence-corrected chi connectivity index (χ4v) is 2.13. The number of carbonyl (C=O) groups excluding carboxylic acids is 1. The van der Waals surface area contributed by atoms with E-state index in [9.17, 15) is 9.59 Å². The molecule has 0 aliphatic heterocycles. The van der Waals surface area contributed by atoms with Gasteiger partial charge in [-0.3, -0.25) is 4.79 Å². The number of nitrogens with one attached hydrogen (secondary N) is 1. The minimum Gasteiger partial charge on any atom is -0.480 e. The summed E-state index contributed by atoms with van der Waals surface area (Å²) in [5.74, 6) is -1.29. The molecule has 1 fully saturated rings. The summed E-state index contributed by atoms with van der Waals surface area (Å²) in [6.07, 6.45) is 3.61. The van der Waals surface area contributed by atoms with Crippen LogP contribution in [0, 0.1) is 0 Å². The van der Waals surface area contributed by atoms with Crippen LogP contribution in [0.2, 0.25) is 0 Å². The summed E-state index contributed by atoms with van der Waals surface area (Å²) in [5, 5.41) is 12.3. The van der Waals surface area contributed by atoms with Crippen LogP contribution in [0.15, 0.2) is 21.6 Å². The summed E-state index contributed by atoms with van der Waals surface area (Å²) < 4.78 is 5.25. The normalized spacial score (nSPS) is 17.2. The van der Waals surface area contributed by atoms with E-state index in [1.54, 1.807) is 12.1 Å². The number of hydrogen-bond acceptors (Lipinski definition) is 4. The van der Waals surface area contributed by atoms with Crippen LogP contribution in [0.1, 0.15) is 29.8 Å². The van der Waals surface area contributed by atoms with Gasteiger partial charge in [0.05, 0.1) is 0 Å². The number of carboxylic acid groups (broad SMARTS) is 1. The lowest BCUT2D eigenvalue weighted by Gasteiger charge is -2.37. The van der Waals surface area contributed by atoms with E-state index in [1.165, 1.54) is 11.8 Å². The maximum absolute atomic E-state index is 11.8. The van der Waals surface area contributed by atoms with Gasteiger partial charge in [-0.15, -0.1) is 0 Å². The van der Waals surface area contributed by atoms with Crippen LogP contribution >= 0.6 is 11.8 Å². The highest BCUT2D eigenvalue weighted by Gasteiger charge is 2.46. The predicted molar refractivity (Wildman–Crippen MR) is 62.2 cm³/mol. The highest BCUT2D eigenvalue weighted by atomic mass is 32.2. The van der Waals surface area contributed by atoms with E-state index in [0.717, 1.165) is 6.42 Å². The molecule has 2 N–H and O–H groups in total. The predicted octanol–water partition coefficient (Wildman–Crippen LogP) is 1.74. The molecule has 2 rings (SSSR count). The van der Waals surface area contributed by atoms with Gasteiger partial charge in [0.1, 0.15) is 5.54 Å². The van der Waals surface area contributed by atoms with Crippen LogP contribution in [-0.2, 0) is 4.79 Å². The SMILES string of the molecule is CSc1ccc(C(=O)NC2(C(=O)O)CCC2)o1. The molecule has 1 aliphatic rings. The zero-order valence-corrected chi connectivity index (χ0v) is 10.2. The third-order valence-electron chi connectivity index (χ3n) is 2.98. The van der Waals surface area contributed by atoms with Crippen molar-refractivity contribution in [2.24, 2.45) is 0 Å². The minimum atomic E-state index is -1.09. The molecule has 0 saturated heterocycles. The highest BCUT2D eigenvalue weighted by Crippen LogP contribution is 2.32. The quantitative estimate of drug-likeness (QED) is 0.801. The lowest BCUT2D eigenvalue weighted by atomic mass is 9.76. The van der Waals surface area contributed by atoms with Crippen LogP contribution < -0.4 is 5.32 Å². The summed E-state index contributed by atoms with van der Waals surface area (Å²) in [7, 11) is 0. The Hall–Kier alpha value is -1.43. The van der Waals surface area contributed by atoms with E-state index in [1.807, 2.05) is 6.26 Å². The molecule has 0 bridgehead atoms. The van der Waals surface area contributed by atoms with Crippen molar-refractivity contribution in [3.8, 4) is 0 Å². The molecule has 1 saturated carbocycles. The molecule has 0 spiro atoms. The molecule has 1 aliphatic carbocycles. The van der Waals surface area contributed by atoms with Gasteiger partial charge in [0.25, 0.3) is 5.91 Å². The molecule has 0 atom stereocenters. The molecular formula is C11H13NO4S. The molecule has 1 aromatic heterocycles. The van der Waals surface area contributed by atoms with Crippen LogP contribution in [0.4, 0.5) is 0 Å². The average Bonchev–Trinajstić information content (AvgIpc) is 2.71. The monoisotopic (exact) mass is 255 g/mol. The Morgan fingerprint density at radius 3 is 2.59 bits per heavy atom. The van der Waals surface area contributed by atoms with Gasteiger partial charge in [-0.25, -0.2) is 4.79 Å². The lowest BCUT2D eigenvalue weighted by molar-refractivity contribution is -0.148. The Bertz CT molecular complexity index is 450. The largest absolute Gasteiger partial charge is 0.480 e. The third-order valence-corrected chi connectivity index (χ3v) is 3.60. The average molecular weight is 255 g/mol. The topological polar surface area (TPSA) is 79.5 Å². The molecule has 17 heavy (non-hydrogen) atoms. The van der Waals surface area contributed by atoms with Crippen molar-refractivity contribution < 1.29 is 19.1 Å². The number of rotatable bonds is 4. The maximum Gasteiger partial charge on any atom is 0.329 e. The van der Waals surface area contributed by atoms with Crippen molar-refractivity contribution in [1.82, 2.24) is 5.32 Å². The first-order valence-corrected chi connectivity index (χ1v) is 6.50. The molecule has 1 heterocycles. The number of furan rings is 1. The summed E-state index contributed by atoms with van der Waals surface area (Å²) in [6, 6.07) is 3.24. The number of hydrogen-bond donors (Lipinski definition) is 2. The molecule has 0 unspecified atom stereocenters. The molecular weight excluding hydrogens is 242 g/mol. The van der Waals surface area contributed by atoms with E-state index in [4.69, 9.17) is 9.52 Å². The van der Waals surface area contributed by atoms with Gasteiger partial charge >= 0.3 is 5.97 Å². The van der Waals surface area contributed by atoms with Crippen molar-refractivity contribution in [3.05, 3.63) is 17.9 Å². The first kappa shape index (κ1) is 12.0. The standard InChI is InChI=1S/C11H13NO4S/c1-17-8-4-3-7(16-8)9(13)12-11(10(14)15)5-2-6-11/h3-4H,2,5-6H2,1H3,(H,12,13)(H,14,15). The van der Waals surface area contributed by atoms with Gasteiger partial charge in [-0.2, -0.15) is 0 Å².